The van der Waals surface area contributed by atoms with Crippen LogP contribution in [0.4, 0.5) is 10.5 Å². The highest BCUT2D eigenvalue weighted by atomic mass is 16.7. The van der Waals surface area contributed by atoms with Crippen molar-refractivity contribution < 1.29 is 19.0 Å². The Labute approximate surface area is 138 Å². The number of amides is 1. The minimum absolute atomic E-state index is 0.160. The number of hydrogen-bond acceptors (Lipinski definition) is 4. The van der Waals surface area contributed by atoms with Gasteiger partial charge >= 0.3 is 6.09 Å². The summed E-state index contributed by atoms with van der Waals surface area (Å²) in [5.74, 6) is 1.38. The predicted octanol–water partition coefficient (Wildman–Crippen LogP) is 4.32. The molecule has 5 heteroatoms. The van der Waals surface area contributed by atoms with Crippen LogP contribution in [-0.2, 0) is 11.3 Å². The van der Waals surface area contributed by atoms with Crippen molar-refractivity contribution in [3.05, 3.63) is 66.2 Å². The number of fused-ring (bicyclic) bond motifs is 2. The molecule has 5 nitrogen and oxygen atoms in total. The Kier molecular flexibility index (Phi) is 3.67. The van der Waals surface area contributed by atoms with Crippen LogP contribution in [0.15, 0.2) is 60.7 Å². The maximum Gasteiger partial charge on any atom is 0.411 e. The second-order valence-electron chi connectivity index (χ2n) is 5.42. The van der Waals surface area contributed by atoms with E-state index in [4.69, 9.17) is 14.2 Å². The topological polar surface area (TPSA) is 56.8 Å². The van der Waals surface area contributed by atoms with Gasteiger partial charge in [0.15, 0.2) is 11.5 Å². The van der Waals surface area contributed by atoms with Crippen LogP contribution in [0.25, 0.3) is 10.8 Å². The maximum atomic E-state index is 12.1. The lowest BCUT2D eigenvalue weighted by Gasteiger charge is -2.10. The minimum atomic E-state index is -0.496. The third-order valence-corrected chi connectivity index (χ3v) is 3.83. The van der Waals surface area contributed by atoms with Crippen molar-refractivity contribution in [3.8, 4) is 11.5 Å². The van der Waals surface area contributed by atoms with E-state index in [9.17, 15) is 4.79 Å². The Morgan fingerprint density at radius 1 is 1.00 bits per heavy atom. The standard InChI is InChI=1S/C19H15NO4/c21-19(20-16-7-3-5-14-4-1-2-6-15(14)16)22-11-13-8-9-17-18(10-13)24-12-23-17/h1-10H,11-12H2,(H,20,21). The summed E-state index contributed by atoms with van der Waals surface area (Å²) in [6.45, 7) is 0.383. The summed E-state index contributed by atoms with van der Waals surface area (Å²) < 4.78 is 15.9. The molecular weight excluding hydrogens is 306 g/mol. The monoisotopic (exact) mass is 321 g/mol. The molecule has 1 aliphatic rings. The molecule has 4 rings (SSSR count). The normalized spacial score (nSPS) is 12.2. The van der Waals surface area contributed by atoms with Gasteiger partial charge in [-0.15, -0.1) is 0 Å². The molecule has 0 saturated heterocycles. The molecule has 1 aliphatic heterocycles. The number of carbonyl (C=O) groups is 1. The molecule has 0 atom stereocenters. The fraction of sp³-hybridized carbons (Fsp3) is 0.105. The molecule has 0 saturated carbocycles. The van der Waals surface area contributed by atoms with E-state index in [0.717, 1.165) is 22.0 Å². The SMILES string of the molecule is O=C(Nc1cccc2ccccc12)OCc1ccc2c(c1)OCO2. The van der Waals surface area contributed by atoms with Crippen LogP contribution in [0, 0.1) is 0 Å². The highest BCUT2D eigenvalue weighted by molar-refractivity contribution is 6.00. The van der Waals surface area contributed by atoms with Gasteiger partial charge in [0.05, 0.1) is 5.69 Å². The van der Waals surface area contributed by atoms with Crippen LogP contribution < -0.4 is 14.8 Å². The van der Waals surface area contributed by atoms with Crippen LogP contribution in [0.1, 0.15) is 5.56 Å². The Morgan fingerprint density at radius 3 is 2.79 bits per heavy atom. The number of anilines is 1. The number of benzene rings is 3. The van der Waals surface area contributed by atoms with Gasteiger partial charge in [-0.1, -0.05) is 42.5 Å². The summed E-state index contributed by atoms with van der Waals surface area (Å²) in [5.41, 5.74) is 1.57. The van der Waals surface area contributed by atoms with E-state index in [1.54, 1.807) is 0 Å². The molecule has 1 heterocycles. The summed E-state index contributed by atoms with van der Waals surface area (Å²) in [4.78, 5) is 12.1. The number of carbonyl (C=O) groups excluding carboxylic acids is 1. The van der Waals surface area contributed by atoms with E-state index in [1.807, 2.05) is 60.7 Å². The van der Waals surface area contributed by atoms with Crippen molar-refractivity contribution in [3.63, 3.8) is 0 Å². The number of ether oxygens (including phenoxy) is 3. The predicted molar refractivity (Wildman–Crippen MR) is 90.3 cm³/mol. The van der Waals surface area contributed by atoms with Crippen molar-refractivity contribution in [2.75, 3.05) is 12.1 Å². The van der Waals surface area contributed by atoms with Crippen molar-refractivity contribution >= 4 is 22.6 Å². The third-order valence-electron chi connectivity index (χ3n) is 3.83. The minimum Gasteiger partial charge on any atom is -0.454 e. The molecule has 0 radical (unpaired) electrons. The summed E-state index contributed by atoms with van der Waals surface area (Å²) in [6.07, 6.45) is -0.496. The molecule has 3 aromatic carbocycles. The summed E-state index contributed by atoms with van der Waals surface area (Å²) >= 11 is 0. The average Bonchev–Trinajstić information content (AvgIpc) is 3.08. The molecule has 0 unspecified atom stereocenters. The highest BCUT2D eigenvalue weighted by Crippen LogP contribution is 2.32. The molecule has 0 aromatic heterocycles. The molecule has 1 N–H and O–H groups in total. The van der Waals surface area contributed by atoms with Crippen LogP contribution in [0.5, 0.6) is 11.5 Å². The Morgan fingerprint density at radius 2 is 1.83 bits per heavy atom. The molecule has 1 amide bonds. The first-order chi connectivity index (χ1) is 11.8. The first-order valence-electron chi connectivity index (χ1n) is 7.60. The van der Waals surface area contributed by atoms with E-state index in [-0.39, 0.29) is 13.4 Å². The number of hydrogen-bond donors (Lipinski definition) is 1. The summed E-state index contributed by atoms with van der Waals surface area (Å²) in [6, 6.07) is 19.1. The van der Waals surface area contributed by atoms with Gasteiger partial charge in [-0.05, 0) is 29.1 Å². The van der Waals surface area contributed by atoms with E-state index in [1.165, 1.54) is 0 Å². The lowest BCUT2D eigenvalue weighted by molar-refractivity contribution is 0.155. The fourth-order valence-corrected chi connectivity index (χ4v) is 2.66. The van der Waals surface area contributed by atoms with Gasteiger partial charge in [-0.25, -0.2) is 4.79 Å². The van der Waals surface area contributed by atoms with Gasteiger partial charge < -0.3 is 14.2 Å². The first-order valence-corrected chi connectivity index (χ1v) is 7.60. The van der Waals surface area contributed by atoms with Crippen molar-refractivity contribution in [2.24, 2.45) is 0 Å². The molecular formula is C19H15NO4. The van der Waals surface area contributed by atoms with E-state index < -0.39 is 6.09 Å². The zero-order valence-corrected chi connectivity index (χ0v) is 12.8. The van der Waals surface area contributed by atoms with E-state index >= 15 is 0 Å². The number of rotatable bonds is 3. The zero-order chi connectivity index (χ0) is 16.4. The van der Waals surface area contributed by atoms with Crippen molar-refractivity contribution in [1.82, 2.24) is 0 Å². The zero-order valence-electron chi connectivity index (χ0n) is 12.8. The van der Waals surface area contributed by atoms with Crippen LogP contribution in [-0.4, -0.2) is 12.9 Å². The fourth-order valence-electron chi connectivity index (χ4n) is 2.66. The molecule has 0 bridgehead atoms. The van der Waals surface area contributed by atoms with Gasteiger partial charge in [-0.2, -0.15) is 0 Å². The lowest BCUT2D eigenvalue weighted by atomic mass is 10.1. The highest BCUT2D eigenvalue weighted by Gasteiger charge is 2.14. The van der Waals surface area contributed by atoms with Gasteiger partial charge in [0.1, 0.15) is 6.61 Å². The van der Waals surface area contributed by atoms with E-state index in [0.29, 0.717) is 11.5 Å². The smallest absolute Gasteiger partial charge is 0.411 e. The molecule has 120 valence electrons. The first kappa shape index (κ1) is 14.4. The molecule has 3 aromatic rings. The van der Waals surface area contributed by atoms with Gasteiger partial charge in [0, 0.05) is 5.39 Å². The molecule has 0 spiro atoms. The second-order valence-corrected chi connectivity index (χ2v) is 5.42. The third kappa shape index (κ3) is 2.84. The molecule has 0 fully saturated rings. The van der Waals surface area contributed by atoms with Gasteiger partial charge in [0.2, 0.25) is 6.79 Å². The van der Waals surface area contributed by atoms with Crippen LogP contribution in [0.2, 0.25) is 0 Å². The molecule has 24 heavy (non-hydrogen) atoms. The van der Waals surface area contributed by atoms with Gasteiger partial charge in [-0.3, -0.25) is 5.32 Å². The Bertz CT molecular complexity index is 902. The Balaban J connectivity index is 1.43. The number of nitrogens with one attached hydrogen (secondary N) is 1. The lowest BCUT2D eigenvalue weighted by Crippen LogP contribution is -2.13. The Hall–Kier alpha value is -3.21. The second kappa shape index (κ2) is 6.12. The largest absolute Gasteiger partial charge is 0.454 e. The quantitative estimate of drug-likeness (QED) is 0.780. The maximum absolute atomic E-state index is 12.1. The average molecular weight is 321 g/mol. The summed E-state index contributed by atoms with van der Waals surface area (Å²) in [7, 11) is 0. The van der Waals surface area contributed by atoms with Crippen molar-refractivity contribution in [1.29, 1.82) is 0 Å². The van der Waals surface area contributed by atoms with Crippen molar-refractivity contribution in [2.45, 2.75) is 6.61 Å². The van der Waals surface area contributed by atoms with Crippen LogP contribution in [0.3, 0.4) is 0 Å². The van der Waals surface area contributed by atoms with Crippen LogP contribution >= 0.6 is 0 Å². The molecule has 0 aliphatic carbocycles. The van der Waals surface area contributed by atoms with Gasteiger partial charge in [0.25, 0.3) is 0 Å². The van der Waals surface area contributed by atoms with E-state index in [2.05, 4.69) is 5.32 Å². The summed E-state index contributed by atoms with van der Waals surface area (Å²) in [5, 5.41) is 4.82.